The predicted molar refractivity (Wildman–Crippen MR) is 73.6 cm³/mol. The molecule has 5 heteroatoms. The Morgan fingerprint density at radius 3 is 2.81 bits per heavy atom. The summed E-state index contributed by atoms with van der Waals surface area (Å²) >= 11 is 9.61. The lowest BCUT2D eigenvalue weighted by Gasteiger charge is -2.32. The molecule has 1 aliphatic rings. The molecule has 0 aromatic carbocycles. The lowest BCUT2D eigenvalue weighted by atomic mass is 10.2. The van der Waals surface area contributed by atoms with Crippen molar-refractivity contribution >= 4 is 34.7 Å². The molecule has 1 unspecified atom stereocenters. The van der Waals surface area contributed by atoms with Crippen LogP contribution in [0, 0.1) is 0 Å². The summed E-state index contributed by atoms with van der Waals surface area (Å²) in [5.41, 5.74) is 1.02. The number of halogens is 1. The maximum atomic E-state index is 5.80. The number of hydrogen-bond donors (Lipinski definition) is 0. The second-order valence-electron chi connectivity index (χ2n) is 3.88. The van der Waals surface area contributed by atoms with Gasteiger partial charge in [0.25, 0.3) is 0 Å². The Kier molecular flexibility index (Phi) is 4.95. The summed E-state index contributed by atoms with van der Waals surface area (Å²) in [6, 6.07) is 0.503. The van der Waals surface area contributed by atoms with E-state index in [1.165, 1.54) is 29.6 Å². The summed E-state index contributed by atoms with van der Waals surface area (Å²) in [7, 11) is 0. The smallest absolute Gasteiger partial charge is 0.110 e. The molecular weight excluding hydrogens is 260 g/mol. The Hall–Kier alpha value is 0.230. The molecule has 1 fully saturated rings. The van der Waals surface area contributed by atoms with Gasteiger partial charge in [-0.15, -0.1) is 22.9 Å². The fourth-order valence-corrected chi connectivity index (χ4v) is 4.21. The van der Waals surface area contributed by atoms with Crippen molar-refractivity contribution < 1.29 is 0 Å². The highest BCUT2D eigenvalue weighted by Crippen LogP contribution is 2.29. The van der Waals surface area contributed by atoms with Crippen LogP contribution in [0.25, 0.3) is 0 Å². The molecule has 1 atom stereocenters. The van der Waals surface area contributed by atoms with E-state index in [9.17, 15) is 0 Å². The zero-order chi connectivity index (χ0) is 11.4. The van der Waals surface area contributed by atoms with Gasteiger partial charge in [0.2, 0.25) is 0 Å². The van der Waals surface area contributed by atoms with Gasteiger partial charge in [0.05, 0.1) is 17.6 Å². The van der Waals surface area contributed by atoms with Gasteiger partial charge in [-0.25, -0.2) is 4.98 Å². The van der Waals surface area contributed by atoms with E-state index < -0.39 is 0 Å². The highest BCUT2D eigenvalue weighted by Gasteiger charge is 2.23. The highest BCUT2D eigenvalue weighted by atomic mass is 35.5. The van der Waals surface area contributed by atoms with Crippen molar-refractivity contribution in [3.8, 4) is 0 Å². The Labute approximate surface area is 110 Å². The molecule has 1 aromatic heterocycles. The SMILES string of the molecule is CCC(c1nc(CCl)cs1)N1CCSCC1. The molecule has 2 rings (SSSR count). The van der Waals surface area contributed by atoms with Gasteiger partial charge >= 0.3 is 0 Å². The predicted octanol–water partition coefficient (Wildman–Crippen LogP) is 3.38. The largest absolute Gasteiger partial charge is 0.292 e. The van der Waals surface area contributed by atoms with E-state index in [4.69, 9.17) is 11.6 Å². The summed E-state index contributed by atoms with van der Waals surface area (Å²) in [4.78, 5) is 7.18. The highest BCUT2D eigenvalue weighted by molar-refractivity contribution is 7.99. The Morgan fingerprint density at radius 2 is 2.25 bits per heavy atom. The molecule has 90 valence electrons. The molecule has 0 spiro atoms. The number of nitrogens with zero attached hydrogens (tertiary/aromatic N) is 2. The average Bonchev–Trinajstić information content (AvgIpc) is 2.80. The third kappa shape index (κ3) is 2.92. The van der Waals surface area contributed by atoms with Gasteiger partial charge in [0.15, 0.2) is 0 Å². The van der Waals surface area contributed by atoms with Gasteiger partial charge in [-0.2, -0.15) is 11.8 Å². The maximum Gasteiger partial charge on any atom is 0.110 e. The van der Waals surface area contributed by atoms with Gasteiger partial charge in [-0.3, -0.25) is 4.90 Å². The quantitative estimate of drug-likeness (QED) is 0.785. The molecule has 1 aliphatic heterocycles. The molecule has 0 aliphatic carbocycles. The summed E-state index contributed by atoms with van der Waals surface area (Å²) < 4.78 is 0. The third-order valence-corrected chi connectivity index (χ3v) is 5.08. The van der Waals surface area contributed by atoms with Crippen LogP contribution < -0.4 is 0 Å². The molecule has 2 heterocycles. The van der Waals surface area contributed by atoms with E-state index in [-0.39, 0.29) is 0 Å². The minimum atomic E-state index is 0.503. The van der Waals surface area contributed by atoms with Gasteiger partial charge < -0.3 is 0 Å². The van der Waals surface area contributed by atoms with Gasteiger partial charge in [0, 0.05) is 30.0 Å². The average molecular weight is 277 g/mol. The first-order chi connectivity index (χ1) is 7.85. The van der Waals surface area contributed by atoms with Crippen LogP contribution in [0.1, 0.15) is 30.1 Å². The number of rotatable bonds is 4. The number of alkyl halides is 1. The minimum absolute atomic E-state index is 0.503. The van der Waals surface area contributed by atoms with E-state index in [0.29, 0.717) is 11.9 Å². The van der Waals surface area contributed by atoms with Crippen molar-refractivity contribution in [1.29, 1.82) is 0 Å². The summed E-state index contributed by atoms with van der Waals surface area (Å²) in [5, 5.41) is 3.33. The number of thioether (sulfide) groups is 1. The molecule has 0 amide bonds. The van der Waals surface area contributed by atoms with Crippen LogP contribution >= 0.6 is 34.7 Å². The Bertz CT molecular complexity index is 324. The zero-order valence-electron chi connectivity index (χ0n) is 9.49. The molecule has 16 heavy (non-hydrogen) atoms. The van der Waals surface area contributed by atoms with Crippen molar-refractivity contribution in [1.82, 2.24) is 9.88 Å². The molecule has 0 saturated carbocycles. The third-order valence-electron chi connectivity index (χ3n) is 2.86. The molecule has 1 aromatic rings. The van der Waals surface area contributed by atoms with Crippen LogP contribution in [0.3, 0.4) is 0 Å². The molecule has 0 radical (unpaired) electrons. The second kappa shape index (κ2) is 6.24. The fourth-order valence-electron chi connectivity index (χ4n) is 2.02. The number of thiazole rings is 1. The van der Waals surface area contributed by atoms with Crippen LogP contribution in [0.4, 0.5) is 0 Å². The van der Waals surface area contributed by atoms with Crippen LogP contribution in [-0.2, 0) is 5.88 Å². The van der Waals surface area contributed by atoms with Crippen LogP contribution in [-0.4, -0.2) is 34.5 Å². The molecule has 0 bridgehead atoms. The first-order valence-corrected chi connectivity index (χ1v) is 8.24. The molecular formula is C11H17ClN2S2. The maximum absolute atomic E-state index is 5.80. The topological polar surface area (TPSA) is 16.1 Å². The van der Waals surface area contributed by atoms with Crippen LogP contribution in [0.5, 0.6) is 0 Å². The van der Waals surface area contributed by atoms with Crippen LogP contribution in [0.2, 0.25) is 0 Å². The van der Waals surface area contributed by atoms with Crippen LogP contribution in [0.15, 0.2) is 5.38 Å². The van der Waals surface area contributed by atoms with Crippen molar-refractivity contribution in [3.63, 3.8) is 0 Å². The van der Waals surface area contributed by atoms with Crippen molar-refractivity contribution in [2.45, 2.75) is 25.3 Å². The van der Waals surface area contributed by atoms with Crippen molar-refractivity contribution in [2.75, 3.05) is 24.6 Å². The van der Waals surface area contributed by atoms with Crippen molar-refractivity contribution in [3.05, 3.63) is 16.1 Å². The molecule has 2 nitrogen and oxygen atoms in total. The summed E-state index contributed by atoms with van der Waals surface area (Å²) in [6.07, 6.45) is 1.14. The molecule has 1 saturated heterocycles. The lowest BCUT2D eigenvalue weighted by Crippen LogP contribution is -2.35. The summed E-state index contributed by atoms with van der Waals surface area (Å²) in [5.74, 6) is 3.04. The normalized spacial score (nSPS) is 19.9. The molecule has 0 N–H and O–H groups in total. The summed E-state index contributed by atoms with van der Waals surface area (Å²) in [6.45, 7) is 4.63. The van der Waals surface area contributed by atoms with E-state index in [1.807, 2.05) is 0 Å². The van der Waals surface area contributed by atoms with Gasteiger partial charge in [0.1, 0.15) is 5.01 Å². The van der Waals surface area contributed by atoms with Gasteiger partial charge in [-0.1, -0.05) is 6.92 Å². The standard InChI is InChI=1S/C11H17ClN2S2/c1-2-10(14-3-5-15-6-4-14)11-13-9(7-12)8-16-11/h8,10H,2-7H2,1H3. The first kappa shape index (κ1) is 12.7. The van der Waals surface area contributed by atoms with E-state index in [1.54, 1.807) is 11.3 Å². The fraction of sp³-hybridized carbons (Fsp3) is 0.727. The Balaban J connectivity index is 2.08. The van der Waals surface area contributed by atoms with E-state index in [2.05, 4.69) is 33.9 Å². The van der Waals surface area contributed by atoms with Gasteiger partial charge in [-0.05, 0) is 6.42 Å². The number of aromatic nitrogens is 1. The number of hydrogen-bond acceptors (Lipinski definition) is 4. The minimum Gasteiger partial charge on any atom is -0.292 e. The first-order valence-electron chi connectivity index (χ1n) is 5.67. The van der Waals surface area contributed by atoms with Crippen molar-refractivity contribution in [2.24, 2.45) is 0 Å². The van der Waals surface area contributed by atoms with E-state index in [0.717, 1.165) is 12.1 Å². The Morgan fingerprint density at radius 1 is 1.50 bits per heavy atom. The van der Waals surface area contributed by atoms with E-state index >= 15 is 0 Å². The zero-order valence-corrected chi connectivity index (χ0v) is 11.9. The second-order valence-corrected chi connectivity index (χ2v) is 6.26. The lowest BCUT2D eigenvalue weighted by molar-refractivity contribution is 0.212. The monoisotopic (exact) mass is 276 g/mol.